The Morgan fingerprint density at radius 2 is 1.90 bits per heavy atom. The van der Waals surface area contributed by atoms with Crippen molar-refractivity contribution in [1.82, 2.24) is 30.1 Å². The fraction of sp³-hybridized carbons (Fsp3) is 0.655. The van der Waals surface area contributed by atoms with Crippen LogP contribution in [-0.2, 0) is 27.4 Å². The van der Waals surface area contributed by atoms with Crippen molar-refractivity contribution in [3.8, 4) is 0 Å². The lowest BCUT2D eigenvalue weighted by Gasteiger charge is -2.24. The van der Waals surface area contributed by atoms with Crippen molar-refractivity contribution in [2.75, 3.05) is 19.7 Å². The molecule has 1 aliphatic heterocycles. The lowest BCUT2D eigenvalue weighted by molar-refractivity contribution is -0.143. The van der Waals surface area contributed by atoms with E-state index in [2.05, 4.69) is 40.0 Å². The second-order valence-electron chi connectivity index (χ2n) is 13.4. The zero-order valence-electron chi connectivity index (χ0n) is 25.8. The van der Waals surface area contributed by atoms with E-state index < -0.39 is 31.5 Å². The average Bonchev–Trinajstić information content (AvgIpc) is 3.53. The van der Waals surface area contributed by atoms with E-state index in [9.17, 15) is 14.7 Å². The number of hydrogen-bond donors (Lipinski definition) is 1. The van der Waals surface area contributed by atoms with Crippen LogP contribution in [0.3, 0.4) is 0 Å². The number of nitrogens with zero attached hydrogens (tertiary/aromatic N) is 6. The molecular formula is C29H46N6O5Si. The first-order valence-electron chi connectivity index (χ1n) is 14.3. The van der Waals surface area contributed by atoms with Gasteiger partial charge in [-0.3, -0.25) is 9.78 Å². The van der Waals surface area contributed by atoms with E-state index in [-0.39, 0.29) is 18.7 Å². The van der Waals surface area contributed by atoms with Gasteiger partial charge in [-0.1, -0.05) is 45.6 Å². The molecule has 2 atom stereocenters. The summed E-state index contributed by atoms with van der Waals surface area (Å²) in [6, 6.07) is 4.89. The summed E-state index contributed by atoms with van der Waals surface area (Å²) in [6.45, 7) is 18.1. The molecule has 0 aromatic carbocycles. The second-order valence-corrected chi connectivity index (χ2v) is 19.0. The summed E-state index contributed by atoms with van der Waals surface area (Å²) in [5.74, 6) is -1.47. The summed E-state index contributed by atoms with van der Waals surface area (Å²) in [5.41, 5.74) is 2.04. The van der Waals surface area contributed by atoms with Gasteiger partial charge >= 0.3 is 12.1 Å². The van der Waals surface area contributed by atoms with Crippen LogP contribution in [0.4, 0.5) is 4.79 Å². The molecule has 0 unspecified atom stereocenters. The van der Waals surface area contributed by atoms with E-state index >= 15 is 0 Å². The Kier molecular flexibility index (Phi) is 10.8. The Morgan fingerprint density at radius 1 is 1.17 bits per heavy atom. The molecule has 0 aliphatic carbocycles. The minimum Gasteiger partial charge on any atom is -0.481 e. The third kappa shape index (κ3) is 10.3. The molecule has 0 radical (unpaired) electrons. The van der Waals surface area contributed by atoms with Crippen LogP contribution < -0.4 is 0 Å². The van der Waals surface area contributed by atoms with E-state index in [1.54, 1.807) is 11.1 Å². The van der Waals surface area contributed by atoms with Crippen molar-refractivity contribution in [2.24, 2.45) is 11.8 Å². The van der Waals surface area contributed by atoms with Gasteiger partial charge < -0.3 is 19.5 Å². The molecule has 0 saturated carbocycles. The summed E-state index contributed by atoms with van der Waals surface area (Å²) >= 11 is 0. The van der Waals surface area contributed by atoms with Crippen molar-refractivity contribution in [1.29, 1.82) is 0 Å². The van der Waals surface area contributed by atoms with Gasteiger partial charge in [0.25, 0.3) is 0 Å². The summed E-state index contributed by atoms with van der Waals surface area (Å²) in [6.07, 6.45) is 4.28. The monoisotopic (exact) mass is 586 g/mol. The van der Waals surface area contributed by atoms with Gasteiger partial charge in [0.15, 0.2) is 12.6 Å². The summed E-state index contributed by atoms with van der Waals surface area (Å²) in [7, 11) is -1.21. The number of aromatic nitrogens is 5. The summed E-state index contributed by atoms with van der Waals surface area (Å²) < 4.78 is 11.2. The largest absolute Gasteiger partial charge is 0.481 e. The number of carboxylic acid groups (broad SMARTS) is 1. The maximum Gasteiger partial charge on any atom is 0.410 e. The maximum absolute atomic E-state index is 12.4. The zero-order chi connectivity index (χ0) is 30.4. The fourth-order valence-corrected chi connectivity index (χ4v) is 5.29. The fourth-order valence-electron chi connectivity index (χ4n) is 4.54. The molecular weight excluding hydrogens is 540 g/mol. The minimum absolute atomic E-state index is 0.178. The highest BCUT2D eigenvalue weighted by Crippen LogP contribution is 2.32. The Balaban J connectivity index is 1.72. The molecule has 41 heavy (non-hydrogen) atoms. The van der Waals surface area contributed by atoms with Crippen molar-refractivity contribution in [2.45, 2.75) is 91.4 Å². The van der Waals surface area contributed by atoms with Gasteiger partial charge in [0.05, 0.1) is 18.2 Å². The number of carbonyl (C=O) groups excluding carboxylic acids is 1. The SMILES string of the molecule is CC(C)C[C@H](C(=O)O)[C@H](Cc1ccc(C2=CCN(C(=O)OC(C)(C)C)C2)nc1)c1nnn(COCC[Si](C)(C)C)n1. The van der Waals surface area contributed by atoms with Crippen molar-refractivity contribution in [3.05, 3.63) is 41.5 Å². The van der Waals surface area contributed by atoms with Crippen LogP contribution in [-0.4, -0.2) is 80.6 Å². The highest BCUT2D eigenvalue weighted by Gasteiger charge is 2.34. The van der Waals surface area contributed by atoms with Crippen LogP contribution in [0.5, 0.6) is 0 Å². The number of carboxylic acids is 1. The predicted octanol–water partition coefficient (Wildman–Crippen LogP) is 5.09. The molecule has 12 heteroatoms. The van der Waals surface area contributed by atoms with E-state index in [4.69, 9.17) is 9.47 Å². The molecule has 1 amide bonds. The highest BCUT2D eigenvalue weighted by molar-refractivity contribution is 6.76. The lowest BCUT2D eigenvalue weighted by atomic mass is 9.81. The Morgan fingerprint density at radius 3 is 2.49 bits per heavy atom. The molecule has 0 bridgehead atoms. The van der Waals surface area contributed by atoms with Crippen LogP contribution in [0, 0.1) is 11.8 Å². The quantitative estimate of drug-likeness (QED) is 0.252. The maximum atomic E-state index is 12.4. The van der Waals surface area contributed by atoms with E-state index in [1.807, 2.05) is 52.8 Å². The molecule has 11 nitrogen and oxygen atoms in total. The van der Waals surface area contributed by atoms with Gasteiger partial charge in [-0.25, -0.2) is 4.79 Å². The van der Waals surface area contributed by atoms with Crippen molar-refractivity contribution in [3.63, 3.8) is 0 Å². The first-order valence-corrected chi connectivity index (χ1v) is 18.0. The second kappa shape index (κ2) is 13.7. The van der Waals surface area contributed by atoms with E-state index in [1.165, 1.54) is 4.80 Å². The number of hydrogen-bond acceptors (Lipinski definition) is 8. The molecule has 0 fully saturated rings. The number of amides is 1. The van der Waals surface area contributed by atoms with Gasteiger partial charge in [0.2, 0.25) is 0 Å². The standard InChI is InChI=1S/C29H46N6O5Si/c1-20(2)15-24(27(36)37)23(26-31-33-35(32-26)19-39-13-14-41(6,7)8)16-21-9-10-25(30-17-21)22-11-12-34(18-22)28(38)40-29(3,4)5/h9-11,17,20,23-24H,12-16,18-19H2,1-8H3,(H,36,37)/t23-,24-/m0/s1. The number of pyridine rings is 1. The smallest absolute Gasteiger partial charge is 0.410 e. The minimum atomic E-state index is -1.21. The van der Waals surface area contributed by atoms with Gasteiger partial charge in [-0.15, -0.1) is 15.0 Å². The molecule has 2 aromatic rings. The Labute approximate surface area is 244 Å². The number of tetrazole rings is 1. The Bertz CT molecular complexity index is 1200. The van der Waals surface area contributed by atoms with E-state index in [0.717, 1.165) is 22.9 Å². The van der Waals surface area contributed by atoms with Crippen molar-refractivity contribution < 1.29 is 24.2 Å². The van der Waals surface area contributed by atoms with Crippen molar-refractivity contribution >= 4 is 25.7 Å². The molecule has 3 heterocycles. The average molecular weight is 587 g/mol. The number of ether oxygens (including phenoxy) is 2. The molecule has 226 valence electrons. The molecule has 0 saturated heterocycles. The van der Waals surface area contributed by atoms with Crippen LogP contribution in [0.1, 0.15) is 64.0 Å². The molecule has 1 N–H and O–H groups in total. The normalized spacial score (nSPS) is 15.6. The van der Waals surface area contributed by atoms with Gasteiger partial charge in [0.1, 0.15) is 5.60 Å². The van der Waals surface area contributed by atoms with Crippen LogP contribution in [0.2, 0.25) is 25.7 Å². The molecule has 2 aromatic heterocycles. The highest BCUT2D eigenvalue weighted by atomic mass is 28.3. The third-order valence-electron chi connectivity index (χ3n) is 6.71. The first kappa shape index (κ1) is 32.4. The molecule has 3 rings (SSSR count). The van der Waals surface area contributed by atoms with Crippen LogP contribution >= 0.6 is 0 Å². The molecule has 0 spiro atoms. The van der Waals surface area contributed by atoms with E-state index in [0.29, 0.717) is 38.4 Å². The predicted molar refractivity (Wildman–Crippen MR) is 159 cm³/mol. The summed E-state index contributed by atoms with van der Waals surface area (Å²) in [4.78, 5) is 32.5. The van der Waals surface area contributed by atoms with Crippen LogP contribution in [0.15, 0.2) is 24.4 Å². The lowest BCUT2D eigenvalue weighted by Crippen LogP contribution is -2.35. The van der Waals surface area contributed by atoms with Gasteiger partial charge in [0, 0.05) is 33.3 Å². The number of carbonyl (C=O) groups is 2. The number of aliphatic carboxylic acids is 1. The van der Waals surface area contributed by atoms with Gasteiger partial charge in [-0.05, 0) is 68.0 Å². The zero-order valence-corrected chi connectivity index (χ0v) is 26.8. The Hall–Kier alpha value is -3.12. The summed E-state index contributed by atoms with van der Waals surface area (Å²) in [5, 5.41) is 23.1. The molecule has 1 aliphatic rings. The third-order valence-corrected chi connectivity index (χ3v) is 8.42. The number of rotatable bonds is 13. The van der Waals surface area contributed by atoms with Gasteiger partial charge in [-0.2, -0.15) is 0 Å². The topological polar surface area (TPSA) is 133 Å². The first-order chi connectivity index (χ1) is 19.1. The van der Waals surface area contributed by atoms with Crippen LogP contribution in [0.25, 0.3) is 5.57 Å².